The van der Waals surface area contributed by atoms with Crippen molar-refractivity contribution in [2.45, 2.75) is 44.1 Å². The quantitative estimate of drug-likeness (QED) is 0.463. The molecule has 0 aromatic carbocycles. The third-order valence-electron chi connectivity index (χ3n) is 6.71. The van der Waals surface area contributed by atoms with Crippen molar-refractivity contribution in [3.05, 3.63) is 35.9 Å². The molecule has 3 aromatic heterocycles. The van der Waals surface area contributed by atoms with Crippen LogP contribution in [0.4, 0.5) is 13.6 Å². The molecule has 4 heterocycles. The maximum Gasteiger partial charge on any atom is 0.325 e. The summed E-state index contributed by atoms with van der Waals surface area (Å²) in [5.41, 5.74) is 2.10. The molecule has 2 aliphatic rings. The molecular weight excluding hydrogens is 434 g/mol. The maximum absolute atomic E-state index is 13.6. The molecule has 2 N–H and O–H groups in total. The van der Waals surface area contributed by atoms with Crippen molar-refractivity contribution in [2.75, 3.05) is 6.54 Å². The van der Waals surface area contributed by atoms with Gasteiger partial charge < -0.3 is 9.88 Å². The molecule has 3 aromatic rings. The van der Waals surface area contributed by atoms with Crippen LogP contribution in [0, 0.1) is 6.92 Å². The second-order valence-corrected chi connectivity index (χ2v) is 8.82. The first-order valence-corrected chi connectivity index (χ1v) is 10.6. The normalized spacial score (nSPS) is 19.5. The summed E-state index contributed by atoms with van der Waals surface area (Å²) in [5.74, 6) is -3.89. The lowest BCUT2D eigenvalue weighted by Crippen LogP contribution is -2.51. The number of aryl methyl sites for hydroxylation is 1. The van der Waals surface area contributed by atoms with Crippen molar-refractivity contribution in [3.63, 3.8) is 0 Å². The van der Waals surface area contributed by atoms with Crippen molar-refractivity contribution >= 4 is 28.6 Å². The van der Waals surface area contributed by atoms with Gasteiger partial charge in [-0.1, -0.05) is 0 Å². The van der Waals surface area contributed by atoms with E-state index in [1.807, 2.05) is 6.92 Å². The van der Waals surface area contributed by atoms with Gasteiger partial charge in [0.25, 0.3) is 5.91 Å². The van der Waals surface area contributed by atoms with Gasteiger partial charge in [0, 0.05) is 37.0 Å². The zero-order valence-corrected chi connectivity index (χ0v) is 18.1. The van der Waals surface area contributed by atoms with Crippen molar-refractivity contribution < 1.29 is 23.2 Å². The van der Waals surface area contributed by atoms with Gasteiger partial charge in [-0.25, -0.2) is 13.6 Å². The number of alkyl halides is 2. The fourth-order valence-corrected chi connectivity index (χ4v) is 4.90. The molecule has 1 saturated carbocycles. The number of rotatable bonds is 4. The summed E-state index contributed by atoms with van der Waals surface area (Å²) in [7, 11) is 1.73. The van der Waals surface area contributed by atoms with E-state index >= 15 is 0 Å². The minimum absolute atomic E-state index is 0.148. The standard InChI is InChI=1S/C22H22F2N6O3/c1-12-7-16(29(2)18(12)14-8-25-10-15-13(14)9-26-28-15)17(31)11-30-19(32)21(27-20(30)33)3-5-22(23,24)6-4-21/h7-10H,3-6,11H2,1-2H3,(H,26,28)(H,27,33). The second kappa shape index (κ2) is 7.19. The number of hydrogen-bond donors (Lipinski definition) is 2. The number of nitrogens with zero attached hydrogens (tertiary/aromatic N) is 4. The minimum Gasteiger partial charge on any atom is -0.341 e. The number of Topliss-reactive ketones (excluding diaryl/α,β-unsaturated/α-hetero) is 1. The number of ketones is 1. The van der Waals surface area contributed by atoms with E-state index < -0.39 is 48.6 Å². The number of aromatic nitrogens is 4. The predicted octanol–water partition coefficient (Wildman–Crippen LogP) is 2.95. The zero-order valence-electron chi connectivity index (χ0n) is 18.1. The van der Waals surface area contributed by atoms with Gasteiger partial charge in [-0.3, -0.25) is 24.6 Å². The molecule has 5 rings (SSSR count). The Balaban J connectivity index is 1.41. The predicted molar refractivity (Wildman–Crippen MR) is 114 cm³/mol. The van der Waals surface area contributed by atoms with Crippen LogP contribution in [0.15, 0.2) is 24.7 Å². The first kappa shape index (κ1) is 21.2. The first-order chi connectivity index (χ1) is 15.6. The molecule has 1 saturated heterocycles. The first-order valence-electron chi connectivity index (χ1n) is 10.6. The lowest BCUT2D eigenvalue weighted by atomic mass is 9.80. The van der Waals surface area contributed by atoms with Gasteiger partial charge in [0.05, 0.1) is 35.8 Å². The van der Waals surface area contributed by atoms with Gasteiger partial charge in [0.1, 0.15) is 5.54 Å². The molecule has 0 atom stereocenters. The van der Waals surface area contributed by atoms with Crippen LogP contribution in [0.1, 0.15) is 41.7 Å². The molecule has 0 radical (unpaired) electrons. The fourth-order valence-electron chi connectivity index (χ4n) is 4.90. The van der Waals surface area contributed by atoms with E-state index in [2.05, 4.69) is 20.5 Å². The van der Waals surface area contributed by atoms with Gasteiger partial charge in [0.2, 0.25) is 5.92 Å². The summed E-state index contributed by atoms with van der Waals surface area (Å²) in [6, 6.07) is 0.975. The molecule has 1 spiro atoms. The molecule has 172 valence electrons. The smallest absolute Gasteiger partial charge is 0.325 e. The Morgan fingerprint density at radius 2 is 1.88 bits per heavy atom. The Labute approximate surface area is 187 Å². The average Bonchev–Trinajstić information content (AvgIpc) is 3.42. The van der Waals surface area contributed by atoms with Crippen molar-refractivity contribution in [2.24, 2.45) is 7.05 Å². The summed E-state index contributed by atoms with van der Waals surface area (Å²) in [6.45, 7) is 1.39. The van der Waals surface area contributed by atoms with E-state index in [9.17, 15) is 23.2 Å². The molecule has 0 unspecified atom stereocenters. The molecule has 9 nitrogen and oxygen atoms in total. The zero-order chi connectivity index (χ0) is 23.5. The highest BCUT2D eigenvalue weighted by atomic mass is 19.3. The second-order valence-electron chi connectivity index (χ2n) is 8.82. The Morgan fingerprint density at radius 3 is 2.61 bits per heavy atom. The van der Waals surface area contributed by atoms with Crippen LogP contribution in [-0.2, 0) is 11.8 Å². The Morgan fingerprint density at radius 1 is 1.15 bits per heavy atom. The Hall–Kier alpha value is -3.63. The van der Waals surface area contributed by atoms with Crippen molar-refractivity contribution in [3.8, 4) is 11.3 Å². The van der Waals surface area contributed by atoms with Gasteiger partial charge in [0.15, 0.2) is 5.78 Å². The Bertz CT molecular complexity index is 1300. The van der Waals surface area contributed by atoms with Crippen molar-refractivity contribution in [1.82, 2.24) is 30.0 Å². The van der Waals surface area contributed by atoms with Crippen LogP contribution in [0.3, 0.4) is 0 Å². The molecule has 1 aliphatic carbocycles. The van der Waals surface area contributed by atoms with Crippen LogP contribution >= 0.6 is 0 Å². The maximum atomic E-state index is 13.6. The van der Waals surface area contributed by atoms with Gasteiger partial charge in [-0.15, -0.1) is 0 Å². The SMILES string of the molecule is Cc1cc(C(=O)CN2C(=O)NC3(CCC(F)(F)CC3)C2=O)n(C)c1-c1cncc2[nH]ncc12. The minimum atomic E-state index is -2.84. The number of H-pyrrole nitrogens is 1. The van der Waals surface area contributed by atoms with Crippen LogP contribution in [-0.4, -0.2) is 60.4 Å². The number of imide groups is 1. The van der Waals surface area contributed by atoms with Gasteiger partial charge in [-0.2, -0.15) is 5.10 Å². The molecule has 0 bridgehead atoms. The monoisotopic (exact) mass is 456 g/mol. The summed E-state index contributed by atoms with van der Waals surface area (Å²) in [6.07, 6.45) is 3.78. The molecule has 11 heteroatoms. The molecule has 2 fully saturated rings. The van der Waals surface area contributed by atoms with Crippen LogP contribution < -0.4 is 5.32 Å². The van der Waals surface area contributed by atoms with Crippen LogP contribution in [0.25, 0.3) is 22.2 Å². The largest absolute Gasteiger partial charge is 0.341 e. The molecular formula is C22H22F2N6O3. The number of carbonyl (C=O) groups excluding carboxylic acids is 3. The number of urea groups is 1. The topological polar surface area (TPSA) is 113 Å². The summed E-state index contributed by atoms with van der Waals surface area (Å²) in [5, 5.41) is 10.3. The number of fused-ring (bicyclic) bond motifs is 1. The highest BCUT2D eigenvalue weighted by molar-refractivity contribution is 6.11. The lowest BCUT2D eigenvalue weighted by molar-refractivity contribution is -0.135. The lowest BCUT2D eigenvalue weighted by Gasteiger charge is -2.34. The van der Waals surface area contributed by atoms with E-state index in [1.165, 1.54) is 0 Å². The summed E-state index contributed by atoms with van der Waals surface area (Å²) >= 11 is 0. The van der Waals surface area contributed by atoms with Crippen LogP contribution in [0.2, 0.25) is 0 Å². The van der Waals surface area contributed by atoms with Crippen LogP contribution in [0.5, 0.6) is 0 Å². The number of carbonyl (C=O) groups is 3. The number of nitrogens with one attached hydrogen (secondary N) is 2. The average molecular weight is 456 g/mol. The van der Waals surface area contributed by atoms with E-state index in [1.54, 1.807) is 36.3 Å². The van der Waals surface area contributed by atoms with E-state index in [4.69, 9.17) is 0 Å². The third-order valence-corrected chi connectivity index (χ3v) is 6.71. The van der Waals surface area contributed by atoms with Crippen molar-refractivity contribution in [1.29, 1.82) is 0 Å². The fraction of sp³-hybridized carbons (Fsp3) is 0.409. The van der Waals surface area contributed by atoms with E-state index in [0.29, 0.717) is 5.69 Å². The molecule has 3 amide bonds. The number of halogens is 2. The summed E-state index contributed by atoms with van der Waals surface area (Å²) in [4.78, 5) is 43.7. The molecule has 33 heavy (non-hydrogen) atoms. The number of hydrogen-bond acceptors (Lipinski definition) is 5. The van der Waals surface area contributed by atoms with Gasteiger partial charge >= 0.3 is 6.03 Å². The van der Waals surface area contributed by atoms with Gasteiger partial charge in [-0.05, 0) is 31.4 Å². The number of amides is 3. The highest BCUT2D eigenvalue weighted by Crippen LogP contribution is 2.41. The number of aromatic amines is 1. The van der Waals surface area contributed by atoms with E-state index in [0.717, 1.165) is 32.6 Å². The number of pyridine rings is 1. The molecule has 1 aliphatic heterocycles. The third kappa shape index (κ3) is 3.30. The highest BCUT2D eigenvalue weighted by Gasteiger charge is 2.55. The Kier molecular flexibility index (Phi) is 4.62. The van der Waals surface area contributed by atoms with E-state index in [-0.39, 0.29) is 12.8 Å². The summed E-state index contributed by atoms with van der Waals surface area (Å²) < 4.78 is 28.9.